The smallest absolute Gasteiger partial charge is 0.234 e. The van der Waals surface area contributed by atoms with Crippen molar-refractivity contribution in [3.8, 4) is 11.4 Å². The summed E-state index contributed by atoms with van der Waals surface area (Å²) < 4.78 is 11.2. The van der Waals surface area contributed by atoms with E-state index in [2.05, 4.69) is 9.97 Å². The maximum Gasteiger partial charge on any atom is 0.234 e. The van der Waals surface area contributed by atoms with Crippen LogP contribution in [0.2, 0.25) is 0 Å². The second-order valence-electron chi connectivity index (χ2n) is 5.81. The van der Waals surface area contributed by atoms with Crippen LogP contribution in [0.3, 0.4) is 0 Å². The van der Waals surface area contributed by atoms with E-state index >= 15 is 0 Å². The maximum absolute atomic E-state index is 12.7. The lowest BCUT2D eigenvalue weighted by Gasteiger charge is -2.03. The number of hydrogen-bond acceptors (Lipinski definition) is 6. The van der Waals surface area contributed by atoms with Crippen LogP contribution >= 0.6 is 0 Å². The Kier molecular flexibility index (Phi) is 2.99. The predicted octanol–water partition coefficient (Wildman–Crippen LogP) is 3.51. The fourth-order valence-corrected chi connectivity index (χ4v) is 2.95. The molecule has 5 rings (SSSR count). The molecule has 0 aliphatic carbocycles. The SMILES string of the molecule is O=c1c(-c2ncc3c(=O)c4ccccc4oc3n2)coc2ccccc12. The quantitative estimate of drug-likeness (QED) is 0.433. The Morgan fingerprint density at radius 3 is 2.27 bits per heavy atom. The Hall–Kier alpha value is -3.80. The Labute approximate surface area is 145 Å². The van der Waals surface area contributed by atoms with Crippen LogP contribution in [-0.2, 0) is 0 Å². The van der Waals surface area contributed by atoms with Crippen molar-refractivity contribution < 1.29 is 8.83 Å². The highest BCUT2D eigenvalue weighted by Gasteiger charge is 2.15. The van der Waals surface area contributed by atoms with Crippen molar-refractivity contribution in [3.63, 3.8) is 0 Å². The van der Waals surface area contributed by atoms with E-state index in [1.54, 1.807) is 48.5 Å². The molecule has 2 aromatic carbocycles. The number of rotatable bonds is 1. The van der Waals surface area contributed by atoms with Crippen molar-refractivity contribution in [1.82, 2.24) is 9.97 Å². The zero-order chi connectivity index (χ0) is 17.7. The number of benzene rings is 2. The molecule has 0 aliphatic heterocycles. The van der Waals surface area contributed by atoms with Crippen LogP contribution in [0.25, 0.3) is 44.4 Å². The molecule has 0 N–H and O–H groups in total. The average molecular weight is 342 g/mol. The van der Waals surface area contributed by atoms with Gasteiger partial charge in [-0.05, 0) is 24.3 Å². The van der Waals surface area contributed by atoms with Gasteiger partial charge in [-0.15, -0.1) is 0 Å². The van der Waals surface area contributed by atoms with E-state index in [0.717, 1.165) is 0 Å². The van der Waals surface area contributed by atoms with Crippen molar-refractivity contribution in [2.45, 2.75) is 0 Å². The largest absolute Gasteiger partial charge is 0.463 e. The zero-order valence-electron chi connectivity index (χ0n) is 13.3. The highest BCUT2D eigenvalue weighted by Crippen LogP contribution is 2.20. The summed E-state index contributed by atoms with van der Waals surface area (Å²) in [5.41, 5.74) is 0.806. The topological polar surface area (TPSA) is 86.2 Å². The molecule has 6 nitrogen and oxygen atoms in total. The molecule has 0 amide bonds. The molecule has 0 spiro atoms. The standard InChI is InChI=1S/C20H10N2O4/c23-17-12-6-2-4-8-16(12)26-20-13(17)9-21-19(22-20)14-10-25-15-7-3-1-5-11(15)18(14)24/h1-10H. The molecule has 124 valence electrons. The van der Waals surface area contributed by atoms with Gasteiger partial charge in [0.25, 0.3) is 0 Å². The van der Waals surface area contributed by atoms with Gasteiger partial charge in [0, 0.05) is 6.20 Å². The van der Waals surface area contributed by atoms with E-state index in [4.69, 9.17) is 8.83 Å². The Morgan fingerprint density at radius 1 is 0.769 bits per heavy atom. The van der Waals surface area contributed by atoms with E-state index in [1.807, 2.05) is 0 Å². The zero-order valence-corrected chi connectivity index (χ0v) is 13.3. The first-order valence-corrected chi connectivity index (χ1v) is 7.92. The van der Waals surface area contributed by atoms with Crippen molar-refractivity contribution >= 4 is 33.0 Å². The summed E-state index contributed by atoms with van der Waals surface area (Å²) in [5.74, 6) is 0.149. The first kappa shape index (κ1) is 14.5. The van der Waals surface area contributed by atoms with Gasteiger partial charge >= 0.3 is 0 Å². The summed E-state index contributed by atoms with van der Waals surface area (Å²) in [6.45, 7) is 0. The lowest BCUT2D eigenvalue weighted by molar-refractivity contribution is 0.603. The molecule has 0 atom stereocenters. The molecule has 6 heteroatoms. The van der Waals surface area contributed by atoms with Crippen LogP contribution in [0.5, 0.6) is 0 Å². The van der Waals surface area contributed by atoms with E-state index in [0.29, 0.717) is 21.9 Å². The van der Waals surface area contributed by atoms with Gasteiger partial charge in [-0.2, -0.15) is 4.98 Å². The van der Waals surface area contributed by atoms with Crippen molar-refractivity contribution in [3.05, 3.63) is 81.4 Å². The minimum atomic E-state index is -0.241. The van der Waals surface area contributed by atoms with Crippen molar-refractivity contribution in [1.29, 1.82) is 0 Å². The molecule has 3 heterocycles. The summed E-state index contributed by atoms with van der Waals surface area (Å²) >= 11 is 0. The van der Waals surface area contributed by atoms with Gasteiger partial charge in [0.05, 0.1) is 10.8 Å². The van der Waals surface area contributed by atoms with Gasteiger partial charge in [-0.1, -0.05) is 24.3 Å². The van der Waals surface area contributed by atoms with Crippen LogP contribution in [0.1, 0.15) is 0 Å². The van der Waals surface area contributed by atoms with Gasteiger partial charge in [-0.3, -0.25) is 9.59 Å². The molecule has 0 fully saturated rings. The van der Waals surface area contributed by atoms with Crippen LogP contribution in [0, 0.1) is 0 Å². The molecule has 3 aromatic heterocycles. The lowest BCUT2D eigenvalue weighted by Crippen LogP contribution is -2.09. The Balaban J connectivity index is 1.81. The molecule has 0 aliphatic rings. The van der Waals surface area contributed by atoms with Crippen LogP contribution < -0.4 is 10.9 Å². The fourth-order valence-electron chi connectivity index (χ4n) is 2.95. The predicted molar refractivity (Wildman–Crippen MR) is 97.1 cm³/mol. The normalized spacial score (nSPS) is 11.4. The minimum Gasteiger partial charge on any atom is -0.463 e. The molecular weight excluding hydrogens is 332 g/mol. The van der Waals surface area contributed by atoms with Gasteiger partial charge in [0.2, 0.25) is 16.6 Å². The highest BCUT2D eigenvalue weighted by atomic mass is 16.3. The number of para-hydroxylation sites is 2. The van der Waals surface area contributed by atoms with Crippen LogP contribution in [0.4, 0.5) is 0 Å². The summed E-state index contributed by atoms with van der Waals surface area (Å²) in [7, 11) is 0. The van der Waals surface area contributed by atoms with Crippen molar-refractivity contribution in [2.24, 2.45) is 0 Å². The first-order chi connectivity index (χ1) is 12.7. The van der Waals surface area contributed by atoms with E-state index in [9.17, 15) is 9.59 Å². The average Bonchev–Trinajstić information content (AvgIpc) is 2.68. The number of nitrogens with zero attached hydrogens (tertiary/aromatic N) is 2. The molecule has 0 bridgehead atoms. The third kappa shape index (κ3) is 2.05. The monoisotopic (exact) mass is 342 g/mol. The Morgan fingerprint density at radius 2 is 1.46 bits per heavy atom. The molecule has 26 heavy (non-hydrogen) atoms. The maximum atomic E-state index is 12.7. The molecule has 0 saturated carbocycles. The first-order valence-electron chi connectivity index (χ1n) is 7.92. The van der Waals surface area contributed by atoms with Gasteiger partial charge in [0.1, 0.15) is 28.4 Å². The number of hydrogen-bond donors (Lipinski definition) is 0. The van der Waals surface area contributed by atoms with Gasteiger partial charge in [0.15, 0.2) is 5.82 Å². The second kappa shape index (κ2) is 5.35. The van der Waals surface area contributed by atoms with Gasteiger partial charge < -0.3 is 8.83 Å². The molecule has 5 aromatic rings. The summed E-state index contributed by atoms with van der Waals surface area (Å²) in [5, 5.41) is 1.16. The Bertz CT molecular complexity index is 1430. The van der Waals surface area contributed by atoms with E-state index in [-0.39, 0.29) is 33.3 Å². The van der Waals surface area contributed by atoms with Crippen molar-refractivity contribution in [2.75, 3.05) is 0 Å². The third-order valence-corrected chi connectivity index (χ3v) is 4.26. The fraction of sp³-hybridized carbons (Fsp3) is 0. The number of aromatic nitrogens is 2. The third-order valence-electron chi connectivity index (χ3n) is 4.26. The highest BCUT2D eigenvalue weighted by molar-refractivity contribution is 5.88. The van der Waals surface area contributed by atoms with E-state index < -0.39 is 0 Å². The van der Waals surface area contributed by atoms with E-state index in [1.165, 1.54) is 12.5 Å². The van der Waals surface area contributed by atoms with Gasteiger partial charge in [-0.25, -0.2) is 4.98 Å². The van der Waals surface area contributed by atoms with Crippen LogP contribution in [0.15, 0.2) is 79.4 Å². The summed E-state index contributed by atoms with van der Waals surface area (Å²) in [6.07, 6.45) is 2.70. The molecule has 0 radical (unpaired) electrons. The van der Waals surface area contributed by atoms with Crippen LogP contribution in [-0.4, -0.2) is 9.97 Å². The number of fused-ring (bicyclic) bond motifs is 3. The second-order valence-corrected chi connectivity index (χ2v) is 5.81. The lowest BCUT2D eigenvalue weighted by atomic mass is 10.1. The molecule has 0 saturated heterocycles. The minimum absolute atomic E-state index is 0.131. The molecular formula is C20H10N2O4. The molecule has 0 unspecified atom stereocenters. The summed E-state index contributed by atoms with van der Waals surface area (Å²) in [6, 6.07) is 13.9. The summed E-state index contributed by atoms with van der Waals surface area (Å²) in [4.78, 5) is 33.7.